The van der Waals surface area contributed by atoms with E-state index in [0.29, 0.717) is 6.61 Å². The number of benzene rings is 1. The minimum absolute atomic E-state index is 0.0759. The highest BCUT2D eigenvalue weighted by Crippen LogP contribution is 2.37. The van der Waals surface area contributed by atoms with Crippen LogP contribution in [0.1, 0.15) is 62.3 Å². The van der Waals surface area contributed by atoms with Gasteiger partial charge in [0, 0.05) is 5.56 Å². The van der Waals surface area contributed by atoms with Crippen molar-refractivity contribution in [1.82, 2.24) is 4.90 Å². The van der Waals surface area contributed by atoms with Crippen molar-refractivity contribution in [3.05, 3.63) is 28.8 Å². The molecule has 1 aromatic carbocycles. The molecule has 3 heteroatoms. The average Bonchev–Trinajstić information content (AvgIpc) is 2.48. The lowest BCUT2D eigenvalue weighted by Crippen LogP contribution is -2.47. The van der Waals surface area contributed by atoms with Crippen LogP contribution in [0, 0.1) is 13.8 Å². The van der Waals surface area contributed by atoms with Gasteiger partial charge in [-0.3, -0.25) is 4.90 Å². The number of aliphatic hydroxyl groups excluding tert-OH is 1. The molecule has 1 heterocycles. The molecular weight excluding hydrogens is 274 g/mol. The van der Waals surface area contributed by atoms with Crippen LogP contribution in [0.25, 0.3) is 0 Å². The number of aryl methyl sites for hydroxylation is 2. The SMILES string of the molecule is CCCCN(CCCC)C1COc2cc(C)cc(C)c2C1O. The summed E-state index contributed by atoms with van der Waals surface area (Å²) in [4.78, 5) is 2.43. The first-order valence-corrected chi connectivity index (χ1v) is 8.74. The van der Waals surface area contributed by atoms with Gasteiger partial charge in [-0.1, -0.05) is 32.8 Å². The van der Waals surface area contributed by atoms with E-state index in [1.54, 1.807) is 0 Å². The van der Waals surface area contributed by atoms with Gasteiger partial charge in [0.2, 0.25) is 0 Å². The molecule has 2 unspecified atom stereocenters. The van der Waals surface area contributed by atoms with Gasteiger partial charge in [-0.2, -0.15) is 0 Å². The molecule has 0 aromatic heterocycles. The quantitative estimate of drug-likeness (QED) is 0.826. The zero-order valence-corrected chi connectivity index (χ0v) is 14.6. The van der Waals surface area contributed by atoms with Gasteiger partial charge in [0.1, 0.15) is 18.5 Å². The van der Waals surface area contributed by atoms with Crippen LogP contribution in [-0.2, 0) is 0 Å². The summed E-state index contributed by atoms with van der Waals surface area (Å²) in [6, 6.07) is 4.26. The molecular formula is C19H31NO2. The summed E-state index contributed by atoms with van der Waals surface area (Å²) in [7, 11) is 0. The molecule has 2 rings (SSSR count). The van der Waals surface area contributed by atoms with Crippen LogP contribution in [0.3, 0.4) is 0 Å². The molecule has 3 nitrogen and oxygen atoms in total. The highest BCUT2D eigenvalue weighted by molar-refractivity contribution is 5.46. The van der Waals surface area contributed by atoms with Gasteiger partial charge in [-0.15, -0.1) is 0 Å². The molecule has 0 saturated heterocycles. The number of hydrogen-bond donors (Lipinski definition) is 1. The summed E-state index contributed by atoms with van der Waals surface area (Å²) in [5.41, 5.74) is 3.31. The molecule has 0 spiro atoms. The van der Waals surface area contributed by atoms with E-state index >= 15 is 0 Å². The fraction of sp³-hybridized carbons (Fsp3) is 0.684. The maximum absolute atomic E-state index is 10.9. The van der Waals surface area contributed by atoms with E-state index in [4.69, 9.17) is 4.74 Å². The van der Waals surface area contributed by atoms with E-state index in [-0.39, 0.29) is 6.04 Å². The Bertz CT molecular complexity index is 479. The molecule has 1 aromatic rings. The van der Waals surface area contributed by atoms with Gasteiger partial charge in [0.05, 0.1) is 6.04 Å². The topological polar surface area (TPSA) is 32.7 Å². The highest BCUT2D eigenvalue weighted by Gasteiger charge is 2.34. The first-order chi connectivity index (χ1) is 10.6. The number of nitrogens with zero attached hydrogens (tertiary/aromatic N) is 1. The van der Waals surface area contributed by atoms with Gasteiger partial charge in [-0.05, 0) is 57.0 Å². The highest BCUT2D eigenvalue weighted by atomic mass is 16.5. The lowest BCUT2D eigenvalue weighted by molar-refractivity contribution is 0.00170. The van der Waals surface area contributed by atoms with Crippen molar-refractivity contribution in [1.29, 1.82) is 0 Å². The first-order valence-electron chi connectivity index (χ1n) is 8.74. The fourth-order valence-corrected chi connectivity index (χ4v) is 3.37. The van der Waals surface area contributed by atoms with Crippen LogP contribution >= 0.6 is 0 Å². The molecule has 0 amide bonds. The molecule has 0 radical (unpaired) electrons. The zero-order valence-electron chi connectivity index (χ0n) is 14.6. The van der Waals surface area contributed by atoms with Gasteiger partial charge >= 0.3 is 0 Å². The lowest BCUT2D eigenvalue weighted by Gasteiger charge is -2.39. The van der Waals surface area contributed by atoms with Crippen molar-refractivity contribution < 1.29 is 9.84 Å². The van der Waals surface area contributed by atoms with Crippen LogP contribution in [0.2, 0.25) is 0 Å². The van der Waals surface area contributed by atoms with Gasteiger partial charge in [0.25, 0.3) is 0 Å². The maximum Gasteiger partial charge on any atom is 0.125 e. The summed E-state index contributed by atoms with van der Waals surface area (Å²) < 4.78 is 6.01. The third-order valence-electron chi connectivity index (χ3n) is 4.63. The molecule has 2 atom stereocenters. The second kappa shape index (κ2) is 7.98. The van der Waals surface area contributed by atoms with E-state index in [9.17, 15) is 5.11 Å². The van der Waals surface area contributed by atoms with Crippen LogP contribution < -0.4 is 4.74 Å². The Morgan fingerprint density at radius 2 is 1.77 bits per heavy atom. The van der Waals surface area contributed by atoms with Crippen LogP contribution in [0.5, 0.6) is 5.75 Å². The second-order valence-corrected chi connectivity index (χ2v) is 6.56. The van der Waals surface area contributed by atoms with Crippen molar-refractivity contribution in [2.24, 2.45) is 0 Å². The number of fused-ring (bicyclic) bond motifs is 1. The summed E-state index contributed by atoms with van der Waals surface area (Å²) in [6.07, 6.45) is 4.26. The molecule has 1 aliphatic heterocycles. The van der Waals surface area contributed by atoms with Crippen LogP contribution in [-0.4, -0.2) is 35.7 Å². The Kier molecular flexibility index (Phi) is 6.27. The normalized spacial score (nSPS) is 20.8. The maximum atomic E-state index is 10.9. The number of ether oxygens (including phenoxy) is 1. The van der Waals surface area contributed by atoms with Crippen molar-refractivity contribution in [3.63, 3.8) is 0 Å². The van der Waals surface area contributed by atoms with Crippen LogP contribution in [0.4, 0.5) is 0 Å². The number of rotatable bonds is 7. The van der Waals surface area contributed by atoms with E-state index in [1.807, 2.05) is 6.07 Å². The average molecular weight is 305 g/mol. The van der Waals surface area contributed by atoms with Gasteiger partial charge in [0.15, 0.2) is 0 Å². The number of aliphatic hydroxyl groups is 1. The molecule has 1 aliphatic rings. The Morgan fingerprint density at radius 3 is 2.36 bits per heavy atom. The second-order valence-electron chi connectivity index (χ2n) is 6.56. The summed E-state index contributed by atoms with van der Waals surface area (Å²) in [6.45, 7) is 11.3. The Morgan fingerprint density at radius 1 is 1.14 bits per heavy atom. The summed E-state index contributed by atoms with van der Waals surface area (Å²) in [5.74, 6) is 0.868. The summed E-state index contributed by atoms with van der Waals surface area (Å²) >= 11 is 0. The Balaban J connectivity index is 2.20. The van der Waals surface area contributed by atoms with E-state index in [1.165, 1.54) is 31.2 Å². The molecule has 0 aliphatic carbocycles. The molecule has 124 valence electrons. The molecule has 22 heavy (non-hydrogen) atoms. The fourth-order valence-electron chi connectivity index (χ4n) is 3.37. The van der Waals surface area contributed by atoms with Crippen LogP contribution in [0.15, 0.2) is 12.1 Å². The number of hydrogen-bond acceptors (Lipinski definition) is 3. The van der Waals surface area contributed by atoms with E-state index < -0.39 is 6.10 Å². The molecule has 0 fully saturated rings. The largest absolute Gasteiger partial charge is 0.491 e. The standard InChI is InChI=1S/C19H31NO2/c1-5-7-9-20(10-8-6-2)16-13-22-17-12-14(3)11-15(4)18(17)19(16)21/h11-12,16,19,21H,5-10,13H2,1-4H3. The van der Waals surface area contributed by atoms with Crippen molar-refractivity contribution in [2.75, 3.05) is 19.7 Å². The minimum atomic E-state index is -0.446. The zero-order chi connectivity index (χ0) is 16.1. The Labute approximate surface area is 135 Å². The van der Waals surface area contributed by atoms with E-state index in [0.717, 1.165) is 30.0 Å². The molecule has 0 bridgehead atoms. The Hall–Kier alpha value is -1.06. The number of unbranched alkanes of at least 4 members (excludes halogenated alkanes) is 2. The predicted molar refractivity (Wildman–Crippen MR) is 91.5 cm³/mol. The monoisotopic (exact) mass is 305 g/mol. The van der Waals surface area contributed by atoms with Crippen molar-refractivity contribution >= 4 is 0 Å². The lowest BCUT2D eigenvalue weighted by atomic mass is 9.92. The van der Waals surface area contributed by atoms with Crippen molar-refractivity contribution in [2.45, 2.75) is 65.5 Å². The third kappa shape index (κ3) is 3.82. The van der Waals surface area contributed by atoms with E-state index in [2.05, 4.69) is 38.7 Å². The smallest absolute Gasteiger partial charge is 0.125 e. The van der Waals surface area contributed by atoms with Gasteiger partial charge in [-0.25, -0.2) is 0 Å². The van der Waals surface area contributed by atoms with Gasteiger partial charge < -0.3 is 9.84 Å². The summed E-state index contributed by atoms with van der Waals surface area (Å²) in [5, 5.41) is 10.9. The third-order valence-corrected chi connectivity index (χ3v) is 4.63. The molecule has 1 N–H and O–H groups in total. The minimum Gasteiger partial charge on any atom is -0.491 e. The van der Waals surface area contributed by atoms with Crippen molar-refractivity contribution in [3.8, 4) is 5.75 Å². The first kappa shape index (κ1) is 17.3. The predicted octanol–water partition coefficient (Wildman–Crippen LogP) is 4.00. The molecule has 0 saturated carbocycles.